The van der Waals surface area contributed by atoms with Crippen molar-refractivity contribution in [1.82, 2.24) is 14.3 Å². The quantitative estimate of drug-likeness (QED) is 0.487. The van der Waals surface area contributed by atoms with Crippen molar-refractivity contribution >= 4 is 16.0 Å². The predicted octanol–water partition coefficient (Wildman–Crippen LogP) is -0.846. The van der Waals surface area contributed by atoms with Crippen LogP contribution in [0.5, 0.6) is 0 Å². The van der Waals surface area contributed by atoms with Crippen LogP contribution in [0.2, 0.25) is 0 Å². The maximum atomic E-state index is 12.3. The van der Waals surface area contributed by atoms with Gasteiger partial charge in [0, 0.05) is 13.1 Å². The number of nitrogens with one attached hydrogen (secondary N) is 1. The highest BCUT2D eigenvalue weighted by molar-refractivity contribution is 7.89. The van der Waals surface area contributed by atoms with Gasteiger partial charge in [0.15, 0.2) is 0 Å². The van der Waals surface area contributed by atoms with Gasteiger partial charge in [-0.1, -0.05) is 0 Å². The maximum absolute atomic E-state index is 12.3. The molecular formula is C10H17N5O3S. The van der Waals surface area contributed by atoms with Crippen LogP contribution in [0.1, 0.15) is 13.3 Å². The van der Waals surface area contributed by atoms with E-state index >= 15 is 0 Å². The molecule has 0 bridgehead atoms. The lowest BCUT2D eigenvalue weighted by Crippen LogP contribution is -2.30. The third-order valence-electron chi connectivity index (χ3n) is 3.26. The van der Waals surface area contributed by atoms with Gasteiger partial charge in [0.05, 0.1) is 18.5 Å². The van der Waals surface area contributed by atoms with Gasteiger partial charge in [0.25, 0.3) is 0 Å². The zero-order valence-electron chi connectivity index (χ0n) is 10.5. The Morgan fingerprint density at radius 3 is 2.63 bits per heavy atom. The molecule has 1 aliphatic heterocycles. The van der Waals surface area contributed by atoms with E-state index in [2.05, 4.69) is 15.4 Å². The SMILES string of the molecule is CC(O)C1CCN(S(=O)(=O)c2cnc(NN)nc2)C1. The lowest BCUT2D eigenvalue weighted by molar-refractivity contribution is 0.133. The molecule has 4 N–H and O–H groups in total. The van der Waals surface area contributed by atoms with E-state index in [1.54, 1.807) is 6.92 Å². The first-order valence-corrected chi connectivity index (χ1v) is 7.36. The molecule has 0 radical (unpaired) electrons. The van der Waals surface area contributed by atoms with Gasteiger partial charge in [0.2, 0.25) is 16.0 Å². The molecule has 2 atom stereocenters. The number of nitrogens with two attached hydrogens (primary N) is 1. The molecule has 106 valence electrons. The fraction of sp³-hybridized carbons (Fsp3) is 0.600. The molecule has 1 aromatic heterocycles. The molecular weight excluding hydrogens is 270 g/mol. The van der Waals surface area contributed by atoms with Gasteiger partial charge < -0.3 is 5.11 Å². The average molecular weight is 287 g/mol. The van der Waals surface area contributed by atoms with Crippen molar-refractivity contribution in [3.63, 3.8) is 0 Å². The molecule has 0 saturated carbocycles. The number of hydrogen-bond acceptors (Lipinski definition) is 7. The minimum atomic E-state index is -3.60. The third-order valence-corrected chi connectivity index (χ3v) is 5.08. The highest BCUT2D eigenvalue weighted by Crippen LogP contribution is 2.25. The topological polar surface area (TPSA) is 121 Å². The first kappa shape index (κ1) is 14.1. The molecule has 1 aromatic rings. The molecule has 19 heavy (non-hydrogen) atoms. The maximum Gasteiger partial charge on any atom is 0.246 e. The molecule has 0 aromatic carbocycles. The van der Waals surface area contributed by atoms with Crippen molar-refractivity contribution < 1.29 is 13.5 Å². The van der Waals surface area contributed by atoms with Gasteiger partial charge in [-0.3, -0.25) is 5.43 Å². The fourth-order valence-electron chi connectivity index (χ4n) is 2.04. The van der Waals surface area contributed by atoms with E-state index in [1.807, 2.05) is 0 Å². The van der Waals surface area contributed by atoms with Crippen molar-refractivity contribution in [2.75, 3.05) is 18.5 Å². The average Bonchev–Trinajstić information content (AvgIpc) is 2.89. The number of aliphatic hydroxyl groups excluding tert-OH is 1. The van der Waals surface area contributed by atoms with Crippen LogP contribution < -0.4 is 11.3 Å². The standard InChI is InChI=1S/C10H17N5O3S/c1-7(16)8-2-3-15(6-8)19(17,18)9-4-12-10(14-11)13-5-9/h4-5,7-8,16H,2-3,6,11H2,1H3,(H,12,13,14). The van der Waals surface area contributed by atoms with Crippen LogP contribution in [0, 0.1) is 5.92 Å². The summed E-state index contributed by atoms with van der Waals surface area (Å²) in [5, 5.41) is 9.51. The van der Waals surface area contributed by atoms with Crippen molar-refractivity contribution in [2.24, 2.45) is 11.8 Å². The number of aromatic nitrogens is 2. The van der Waals surface area contributed by atoms with E-state index < -0.39 is 16.1 Å². The zero-order chi connectivity index (χ0) is 14.0. The molecule has 0 amide bonds. The Morgan fingerprint density at radius 2 is 2.16 bits per heavy atom. The van der Waals surface area contributed by atoms with E-state index in [0.29, 0.717) is 19.5 Å². The molecule has 9 heteroatoms. The van der Waals surface area contributed by atoms with Crippen molar-refractivity contribution in [1.29, 1.82) is 0 Å². The number of anilines is 1. The Bertz CT molecular complexity index is 531. The van der Waals surface area contributed by atoms with Gasteiger partial charge in [-0.05, 0) is 19.3 Å². The molecule has 1 saturated heterocycles. The second-order valence-electron chi connectivity index (χ2n) is 4.54. The van der Waals surface area contributed by atoms with Gasteiger partial charge >= 0.3 is 0 Å². The minimum Gasteiger partial charge on any atom is -0.393 e. The Labute approximate surface area is 111 Å². The van der Waals surface area contributed by atoms with E-state index in [4.69, 9.17) is 5.84 Å². The summed E-state index contributed by atoms with van der Waals surface area (Å²) in [5.41, 5.74) is 2.23. The van der Waals surface area contributed by atoms with Crippen LogP contribution in [0.25, 0.3) is 0 Å². The predicted molar refractivity (Wildman–Crippen MR) is 68.4 cm³/mol. The molecule has 2 rings (SSSR count). The van der Waals surface area contributed by atoms with Crippen molar-refractivity contribution in [3.05, 3.63) is 12.4 Å². The summed E-state index contributed by atoms with van der Waals surface area (Å²) in [5.74, 6) is 5.25. The van der Waals surface area contributed by atoms with Crippen LogP contribution in [0.3, 0.4) is 0 Å². The molecule has 1 fully saturated rings. The van der Waals surface area contributed by atoms with Gasteiger partial charge in [-0.15, -0.1) is 0 Å². The first-order valence-electron chi connectivity index (χ1n) is 5.92. The Kier molecular flexibility index (Phi) is 3.99. The van der Waals surface area contributed by atoms with Crippen LogP contribution in [-0.4, -0.2) is 47.0 Å². The Morgan fingerprint density at radius 1 is 1.53 bits per heavy atom. The number of aliphatic hydroxyl groups is 1. The number of rotatable bonds is 4. The smallest absolute Gasteiger partial charge is 0.246 e. The van der Waals surface area contributed by atoms with Crippen LogP contribution in [0.15, 0.2) is 17.3 Å². The largest absolute Gasteiger partial charge is 0.393 e. The van der Waals surface area contributed by atoms with E-state index in [0.717, 1.165) is 0 Å². The normalized spacial score (nSPS) is 22.4. The number of nitrogen functional groups attached to an aromatic ring is 1. The van der Waals surface area contributed by atoms with Crippen molar-refractivity contribution in [3.8, 4) is 0 Å². The summed E-state index contributed by atoms with van der Waals surface area (Å²) in [6.07, 6.45) is 2.57. The van der Waals surface area contributed by atoms with Crippen molar-refractivity contribution in [2.45, 2.75) is 24.3 Å². The third kappa shape index (κ3) is 2.84. The minimum absolute atomic E-state index is 0.0257. The lowest BCUT2D eigenvalue weighted by Gasteiger charge is -2.17. The summed E-state index contributed by atoms with van der Waals surface area (Å²) >= 11 is 0. The lowest BCUT2D eigenvalue weighted by atomic mass is 10.0. The molecule has 2 heterocycles. The molecule has 2 unspecified atom stereocenters. The highest BCUT2D eigenvalue weighted by Gasteiger charge is 2.34. The Balaban J connectivity index is 2.18. The number of nitrogens with zero attached hydrogens (tertiary/aromatic N) is 3. The zero-order valence-corrected chi connectivity index (χ0v) is 11.3. The summed E-state index contributed by atoms with van der Waals surface area (Å²) in [6.45, 7) is 2.39. The molecule has 1 aliphatic rings. The summed E-state index contributed by atoms with van der Waals surface area (Å²) in [4.78, 5) is 7.60. The Hall–Kier alpha value is -1.29. The summed E-state index contributed by atoms with van der Waals surface area (Å²) in [6, 6.07) is 0. The number of hydrogen-bond donors (Lipinski definition) is 3. The van der Waals surface area contributed by atoms with E-state index in [-0.39, 0.29) is 16.8 Å². The second kappa shape index (κ2) is 5.37. The van der Waals surface area contributed by atoms with Crippen LogP contribution in [-0.2, 0) is 10.0 Å². The van der Waals surface area contributed by atoms with Crippen LogP contribution in [0.4, 0.5) is 5.95 Å². The highest BCUT2D eigenvalue weighted by atomic mass is 32.2. The van der Waals surface area contributed by atoms with Gasteiger partial charge in [0.1, 0.15) is 4.90 Å². The summed E-state index contributed by atoms with van der Waals surface area (Å²) < 4.78 is 26.0. The molecule has 0 aliphatic carbocycles. The fourth-order valence-corrected chi connectivity index (χ4v) is 3.44. The summed E-state index contributed by atoms with van der Waals surface area (Å²) in [7, 11) is -3.60. The number of hydrazine groups is 1. The second-order valence-corrected chi connectivity index (χ2v) is 6.48. The van der Waals surface area contributed by atoms with Gasteiger partial charge in [-0.25, -0.2) is 24.2 Å². The molecule has 8 nitrogen and oxygen atoms in total. The van der Waals surface area contributed by atoms with E-state index in [9.17, 15) is 13.5 Å². The number of sulfonamides is 1. The van der Waals surface area contributed by atoms with Gasteiger partial charge in [-0.2, -0.15) is 4.31 Å². The molecule has 0 spiro atoms. The van der Waals surface area contributed by atoms with Crippen LogP contribution >= 0.6 is 0 Å². The first-order chi connectivity index (χ1) is 8.95. The monoisotopic (exact) mass is 287 g/mol. The van der Waals surface area contributed by atoms with E-state index in [1.165, 1.54) is 16.7 Å².